The van der Waals surface area contributed by atoms with Crippen molar-refractivity contribution in [3.8, 4) is 0 Å². The predicted octanol–water partition coefficient (Wildman–Crippen LogP) is 1.14. The van der Waals surface area contributed by atoms with Crippen LogP contribution in [-0.4, -0.2) is 53.3 Å². The lowest BCUT2D eigenvalue weighted by Crippen LogP contribution is -2.52. The van der Waals surface area contributed by atoms with E-state index in [9.17, 15) is 19.5 Å². The summed E-state index contributed by atoms with van der Waals surface area (Å²) in [6, 6.07) is 8.90. The van der Waals surface area contributed by atoms with Gasteiger partial charge in [-0.2, -0.15) is 0 Å². The molecule has 0 spiro atoms. The predicted molar refractivity (Wildman–Crippen MR) is 83.9 cm³/mol. The van der Waals surface area contributed by atoms with E-state index in [2.05, 4.69) is 4.74 Å². The molecule has 2 amide bonds. The number of hydrogen-bond donors (Lipinski definition) is 1. The average Bonchev–Trinajstić information content (AvgIpc) is 2.93. The Kier molecular flexibility index (Phi) is 5.23. The topological polar surface area (TPSA) is 93.1 Å². The maximum absolute atomic E-state index is 12.7. The Hall–Kier alpha value is -2.41. The zero-order valence-electron chi connectivity index (χ0n) is 13.9. The second-order valence-electron chi connectivity index (χ2n) is 5.99. The number of cyclic esters (lactones) is 1. The van der Waals surface area contributed by atoms with E-state index in [4.69, 9.17) is 4.74 Å². The number of methoxy groups -OCH3 is 1. The van der Waals surface area contributed by atoms with E-state index >= 15 is 0 Å². The fourth-order valence-corrected chi connectivity index (χ4v) is 2.60. The molecule has 0 unspecified atom stereocenters. The quantitative estimate of drug-likeness (QED) is 0.811. The number of rotatable bonds is 5. The van der Waals surface area contributed by atoms with Crippen LogP contribution >= 0.6 is 0 Å². The summed E-state index contributed by atoms with van der Waals surface area (Å²) in [6.07, 6.45) is -0.334. The van der Waals surface area contributed by atoms with E-state index in [1.54, 1.807) is 0 Å². The standard InChI is InChI=1S/C17H21NO6/c1-11(17(2,22)15(20)23-3)14(19)18-13(10-24-16(18)21)9-12-7-5-4-6-8-12/h4-8,11,13,22H,9-10H2,1-3H3/t11-,13-,17-/m0/s1. The Bertz CT molecular complexity index is 627. The van der Waals surface area contributed by atoms with Crippen molar-refractivity contribution in [1.82, 2.24) is 4.90 Å². The molecule has 0 bridgehead atoms. The number of hydrogen-bond acceptors (Lipinski definition) is 6. The molecule has 0 aliphatic carbocycles. The number of amides is 2. The zero-order valence-corrected chi connectivity index (χ0v) is 13.9. The molecular weight excluding hydrogens is 314 g/mol. The summed E-state index contributed by atoms with van der Waals surface area (Å²) in [5.41, 5.74) is -1.09. The average molecular weight is 335 g/mol. The third-order valence-corrected chi connectivity index (χ3v) is 4.32. The molecular formula is C17H21NO6. The van der Waals surface area contributed by atoms with Gasteiger partial charge in [-0.1, -0.05) is 37.3 Å². The molecule has 0 saturated carbocycles. The minimum atomic E-state index is -2.04. The van der Waals surface area contributed by atoms with Crippen molar-refractivity contribution in [2.75, 3.05) is 13.7 Å². The van der Waals surface area contributed by atoms with Crippen molar-refractivity contribution < 1.29 is 29.0 Å². The molecule has 24 heavy (non-hydrogen) atoms. The Labute approximate surface area is 140 Å². The monoisotopic (exact) mass is 335 g/mol. The Morgan fingerprint density at radius 2 is 2.04 bits per heavy atom. The molecule has 1 N–H and O–H groups in total. The fraction of sp³-hybridized carbons (Fsp3) is 0.471. The number of carbonyl (C=O) groups excluding carboxylic acids is 3. The first-order valence-corrected chi connectivity index (χ1v) is 7.63. The van der Waals surface area contributed by atoms with E-state index in [1.807, 2.05) is 30.3 Å². The summed E-state index contributed by atoms with van der Waals surface area (Å²) in [6.45, 7) is 2.64. The van der Waals surface area contributed by atoms with Crippen LogP contribution in [0.2, 0.25) is 0 Å². The van der Waals surface area contributed by atoms with E-state index < -0.39 is 35.5 Å². The van der Waals surface area contributed by atoms with Gasteiger partial charge < -0.3 is 14.6 Å². The van der Waals surface area contributed by atoms with Crippen LogP contribution < -0.4 is 0 Å². The number of aliphatic hydroxyl groups is 1. The maximum Gasteiger partial charge on any atom is 0.416 e. The molecule has 1 aromatic rings. The van der Waals surface area contributed by atoms with Crippen molar-refractivity contribution in [2.45, 2.75) is 31.9 Å². The van der Waals surface area contributed by atoms with Gasteiger partial charge in [0.15, 0.2) is 5.60 Å². The number of nitrogens with zero attached hydrogens (tertiary/aromatic N) is 1. The summed E-state index contributed by atoms with van der Waals surface area (Å²) in [4.78, 5) is 37.3. The van der Waals surface area contributed by atoms with Crippen molar-refractivity contribution in [1.29, 1.82) is 0 Å². The lowest BCUT2D eigenvalue weighted by atomic mass is 9.89. The highest BCUT2D eigenvalue weighted by atomic mass is 16.6. The summed E-state index contributed by atoms with van der Waals surface area (Å²) >= 11 is 0. The van der Waals surface area contributed by atoms with Gasteiger partial charge in [0.25, 0.3) is 0 Å². The minimum absolute atomic E-state index is 0.0759. The molecule has 7 nitrogen and oxygen atoms in total. The van der Waals surface area contributed by atoms with Crippen LogP contribution in [0, 0.1) is 5.92 Å². The Morgan fingerprint density at radius 3 is 2.62 bits per heavy atom. The van der Waals surface area contributed by atoms with Gasteiger partial charge in [-0.25, -0.2) is 14.5 Å². The molecule has 1 aliphatic heterocycles. The SMILES string of the molecule is COC(=O)[C@@](C)(O)[C@@H](C)C(=O)N1C(=O)OC[C@@H]1Cc1ccccc1. The smallest absolute Gasteiger partial charge is 0.416 e. The van der Waals surface area contributed by atoms with Gasteiger partial charge in [0.05, 0.1) is 19.1 Å². The van der Waals surface area contributed by atoms with Gasteiger partial charge in [0.2, 0.25) is 5.91 Å². The van der Waals surface area contributed by atoms with Crippen LogP contribution in [0.4, 0.5) is 4.79 Å². The molecule has 0 radical (unpaired) electrons. The lowest BCUT2D eigenvalue weighted by molar-refractivity contribution is -0.170. The molecule has 1 saturated heterocycles. The minimum Gasteiger partial charge on any atom is -0.467 e. The Balaban J connectivity index is 2.19. The van der Waals surface area contributed by atoms with Crippen LogP contribution in [0.5, 0.6) is 0 Å². The molecule has 3 atom stereocenters. The Morgan fingerprint density at radius 1 is 1.42 bits per heavy atom. The fourth-order valence-electron chi connectivity index (χ4n) is 2.60. The van der Waals surface area contributed by atoms with Gasteiger partial charge in [-0.15, -0.1) is 0 Å². The summed E-state index contributed by atoms with van der Waals surface area (Å²) in [5, 5.41) is 10.3. The molecule has 0 aromatic heterocycles. The molecule has 1 aromatic carbocycles. The highest BCUT2D eigenvalue weighted by Gasteiger charge is 2.48. The van der Waals surface area contributed by atoms with Crippen molar-refractivity contribution in [3.05, 3.63) is 35.9 Å². The molecule has 2 rings (SSSR count). The molecule has 1 fully saturated rings. The first-order chi connectivity index (χ1) is 11.3. The van der Waals surface area contributed by atoms with Crippen LogP contribution in [0.15, 0.2) is 30.3 Å². The van der Waals surface area contributed by atoms with Gasteiger partial charge in [-0.3, -0.25) is 4.79 Å². The third-order valence-electron chi connectivity index (χ3n) is 4.32. The molecule has 1 aliphatic rings. The molecule has 7 heteroatoms. The van der Waals surface area contributed by atoms with Gasteiger partial charge in [0, 0.05) is 0 Å². The van der Waals surface area contributed by atoms with Crippen LogP contribution in [0.1, 0.15) is 19.4 Å². The lowest BCUT2D eigenvalue weighted by Gasteiger charge is -2.30. The van der Waals surface area contributed by atoms with E-state index in [0.717, 1.165) is 17.6 Å². The molecule has 1 heterocycles. The highest BCUT2D eigenvalue weighted by Crippen LogP contribution is 2.26. The summed E-state index contributed by atoms with van der Waals surface area (Å²) < 4.78 is 9.51. The maximum atomic E-state index is 12.7. The van der Waals surface area contributed by atoms with Crippen LogP contribution in [0.3, 0.4) is 0 Å². The van der Waals surface area contributed by atoms with Crippen molar-refractivity contribution in [2.24, 2.45) is 5.92 Å². The van der Waals surface area contributed by atoms with Gasteiger partial charge in [-0.05, 0) is 18.9 Å². The normalized spacial score (nSPS) is 20.9. The van der Waals surface area contributed by atoms with Crippen LogP contribution in [-0.2, 0) is 25.5 Å². The third kappa shape index (κ3) is 3.41. The summed E-state index contributed by atoms with van der Waals surface area (Å²) in [5.74, 6) is -2.77. The van der Waals surface area contributed by atoms with E-state index in [0.29, 0.717) is 6.42 Å². The van der Waals surface area contributed by atoms with E-state index in [-0.39, 0.29) is 6.61 Å². The van der Waals surface area contributed by atoms with Crippen molar-refractivity contribution in [3.63, 3.8) is 0 Å². The number of esters is 1. The molecule has 130 valence electrons. The van der Waals surface area contributed by atoms with E-state index in [1.165, 1.54) is 13.8 Å². The number of benzene rings is 1. The largest absolute Gasteiger partial charge is 0.467 e. The second-order valence-corrected chi connectivity index (χ2v) is 5.99. The first-order valence-electron chi connectivity index (χ1n) is 7.63. The second kappa shape index (κ2) is 7.00. The summed E-state index contributed by atoms with van der Waals surface area (Å²) in [7, 11) is 1.12. The van der Waals surface area contributed by atoms with Gasteiger partial charge in [0.1, 0.15) is 6.61 Å². The number of ether oxygens (including phenoxy) is 2. The zero-order chi connectivity index (χ0) is 17.9. The van der Waals surface area contributed by atoms with Crippen LogP contribution in [0.25, 0.3) is 0 Å². The number of imide groups is 1. The highest BCUT2D eigenvalue weighted by molar-refractivity contribution is 5.98. The van der Waals surface area contributed by atoms with Gasteiger partial charge >= 0.3 is 12.1 Å². The van der Waals surface area contributed by atoms with Crippen molar-refractivity contribution >= 4 is 18.0 Å². The number of carbonyl (C=O) groups is 3. The first kappa shape index (κ1) is 17.9.